The SMILES string of the molecule is CCN(CC)P(OCCC#N)OCCOCn1cnc2c(=O)[nH]c(NC(=O)C(C)C)nc21. The standard InChI is InChI=1S/C19H30N7O5P/c1-5-26(6-2)32(30-9-7-8-20)31-11-10-29-13-25-12-21-15-16(25)22-19(24-18(15)28)23-17(27)14(3)4/h12,14H,5-7,9-11,13H2,1-4H3,(H2,22,23,24,27,28). The van der Waals surface area contributed by atoms with Crippen molar-refractivity contribution in [2.24, 2.45) is 5.92 Å². The van der Waals surface area contributed by atoms with Crippen molar-refractivity contribution < 1.29 is 18.6 Å². The molecule has 0 aliphatic carbocycles. The molecular formula is C19H30N7O5P. The maximum absolute atomic E-state index is 12.2. The molecule has 2 aromatic rings. The highest BCUT2D eigenvalue weighted by molar-refractivity contribution is 7.44. The fourth-order valence-electron chi connectivity index (χ4n) is 2.53. The van der Waals surface area contributed by atoms with Gasteiger partial charge in [0.15, 0.2) is 11.2 Å². The Kier molecular flexibility index (Phi) is 10.7. The summed E-state index contributed by atoms with van der Waals surface area (Å²) in [7, 11) is -1.26. The molecule has 0 radical (unpaired) electrons. The van der Waals surface area contributed by atoms with Crippen molar-refractivity contribution in [3.05, 3.63) is 16.7 Å². The molecule has 0 bridgehead atoms. The summed E-state index contributed by atoms with van der Waals surface area (Å²) in [5.74, 6) is -0.450. The number of imidazole rings is 1. The number of nitrogens with one attached hydrogen (secondary N) is 2. The summed E-state index contributed by atoms with van der Waals surface area (Å²) in [5, 5.41) is 11.3. The van der Waals surface area contributed by atoms with Gasteiger partial charge in [-0.3, -0.25) is 24.5 Å². The van der Waals surface area contributed by atoms with Gasteiger partial charge >= 0.3 is 0 Å². The first-order valence-corrected chi connectivity index (χ1v) is 11.6. The molecule has 1 amide bonds. The Bertz CT molecular complexity index is 967. The number of rotatable bonds is 14. The molecule has 0 saturated carbocycles. The van der Waals surface area contributed by atoms with Gasteiger partial charge in [-0.2, -0.15) is 10.2 Å². The number of fused-ring (bicyclic) bond motifs is 1. The molecule has 0 spiro atoms. The highest BCUT2D eigenvalue weighted by Crippen LogP contribution is 2.42. The van der Waals surface area contributed by atoms with Crippen LogP contribution in [0.2, 0.25) is 0 Å². The summed E-state index contributed by atoms with van der Waals surface area (Å²) in [4.78, 5) is 35.0. The molecule has 0 aromatic carbocycles. The Labute approximate surface area is 187 Å². The lowest BCUT2D eigenvalue weighted by atomic mass is 10.2. The lowest BCUT2D eigenvalue weighted by Crippen LogP contribution is -2.22. The van der Waals surface area contributed by atoms with Crippen LogP contribution in [0.1, 0.15) is 34.1 Å². The summed E-state index contributed by atoms with van der Waals surface area (Å²) in [6.45, 7) is 10.1. The maximum atomic E-state index is 12.2. The Morgan fingerprint density at radius 2 is 2.03 bits per heavy atom. The van der Waals surface area contributed by atoms with Crippen molar-refractivity contribution in [3.63, 3.8) is 0 Å². The molecule has 2 heterocycles. The first-order chi connectivity index (χ1) is 15.4. The van der Waals surface area contributed by atoms with Gasteiger partial charge in [-0.15, -0.1) is 0 Å². The van der Waals surface area contributed by atoms with Gasteiger partial charge in [0, 0.05) is 19.0 Å². The quantitative estimate of drug-likeness (QED) is 0.315. The summed E-state index contributed by atoms with van der Waals surface area (Å²) in [6, 6.07) is 2.05. The Morgan fingerprint density at radius 1 is 1.31 bits per heavy atom. The van der Waals surface area contributed by atoms with Gasteiger partial charge in [0.25, 0.3) is 14.1 Å². The number of hydrogen-bond donors (Lipinski definition) is 2. The van der Waals surface area contributed by atoms with E-state index in [0.717, 1.165) is 13.1 Å². The van der Waals surface area contributed by atoms with Crippen LogP contribution in [0.25, 0.3) is 11.2 Å². The molecular weight excluding hydrogens is 437 g/mol. The number of nitrogens with zero attached hydrogens (tertiary/aromatic N) is 5. The summed E-state index contributed by atoms with van der Waals surface area (Å²) in [5.41, 5.74) is 0.0119. The minimum absolute atomic E-state index is 0.0608. The van der Waals surface area contributed by atoms with Gasteiger partial charge in [-0.1, -0.05) is 27.7 Å². The minimum Gasteiger partial charge on any atom is -0.358 e. The van der Waals surface area contributed by atoms with Crippen LogP contribution in [0.4, 0.5) is 5.95 Å². The van der Waals surface area contributed by atoms with Gasteiger partial charge in [-0.05, 0) is 0 Å². The van der Waals surface area contributed by atoms with E-state index < -0.39 is 14.1 Å². The largest absolute Gasteiger partial charge is 0.358 e. The Morgan fingerprint density at radius 3 is 2.69 bits per heavy atom. The summed E-state index contributed by atoms with van der Waals surface area (Å²) in [6.07, 6.45) is 1.76. The molecule has 0 aliphatic rings. The lowest BCUT2D eigenvalue weighted by Gasteiger charge is -2.27. The Balaban J connectivity index is 1.93. The van der Waals surface area contributed by atoms with Crippen LogP contribution in [0, 0.1) is 17.2 Å². The molecule has 0 fully saturated rings. The van der Waals surface area contributed by atoms with Crippen molar-refractivity contribution >= 4 is 31.5 Å². The van der Waals surface area contributed by atoms with E-state index in [1.165, 1.54) is 6.33 Å². The molecule has 176 valence electrons. The van der Waals surface area contributed by atoms with E-state index in [9.17, 15) is 9.59 Å². The molecule has 13 heteroatoms. The zero-order chi connectivity index (χ0) is 23.5. The zero-order valence-electron chi connectivity index (χ0n) is 18.8. The molecule has 1 atom stereocenters. The predicted octanol–water partition coefficient (Wildman–Crippen LogP) is 2.20. The van der Waals surface area contributed by atoms with Crippen molar-refractivity contribution in [2.45, 2.75) is 40.8 Å². The fourth-order valence-corrected chi connectivity index (χ4v) is 3.87. The molecule has 2 N–H and O–H groups in total. The lowest BCUT2D eigenvalue weighted by molar-refractivity contribution is -0.118. The smallest absolute Gasteiger partial charge is 0.280 e. The van der Waals surface area contributed by atoms with Crippen LogP contribution in [-0.2, 0) is 25.3 Å². The Hall–Kier alpha value is -2.42. The first kappa shape index (κ1) is 25.8. The number of ether oxygens (including phenoxy) is 1. The van der Waals surface area contributed by atoms with Gasteiger partial charge in [0.1, 0.15) is 6.73 Å². The number of anilines is 1. The number of aromatic nitrogens is 4. The number of H-pyrrole nitrogens is 1. The van der Waals surface area contributed by atoms with E-state index >= 15 is 0 Å². The van der Waals surface area contributed by atoms with Crippen LogP contribution in [0.3, 0.4) is 0 Å². The third-order valence-corrected chi connectivity index (χ3v) is 6.11. The predicted molar refractivity (Wildman–Crippen MR) is 120 cm³/mol. The highest BCUT2D eigenvalue weighted by Gasteiger charge is 2.18. The van der Waals surface area contributed by atoms with E-state index in [0.29, 0.717) is 25.3 Å². The van der Waals surface area contributed by atoms with Crippen molar-refractivity contribution in [2.75, 3.05) is 38.2 Å². The van der Waals surface area contributed by atoms with Crippen LogP contribution >= 0.6 is 8.53 Å². The second kappa shape index (κ2) is 13.2. The third-order valence-electron chi connectivity index (χ3n) is 4.28. The first-order valence-electron chi connectivity index (χ1n) is 10.4. The topological polar surface area (TPSA) is 147 Å². The van der Waals surface area contributed by atoms with Crippen molar-refractivity contribution in [3.8, 4) is 6.07 Å². The molecule has 2 aromatic heterocycles. The average Bonchev–Trinajstić information content (AvgIpc) is 3.17. The van der Waals surface area contributed by atoms with Crippen LogP contribution < -0.4 is 10.9 Å². The molecule has 0 aliphatic heterocycles. The minimum atomic E-state index is -1.26. The van der Waals surface area contributed by atoms with E-state index in [1.54, 1.807) is 18.4 Å². The van der Waals surface area contributed by atoms with Gasteiger partial charge in [0.2, 0.25) is 11.9 Å². The maximum Gasteiger partial charge on any atom is 0.280 e. The van der Waals surface area contributed by atoms with E-state index in [4.69, 9.17) is 19.0 Å². The van der Waals surface area contributed by atoms with Crippen LogP contribution in [-0.4, -0.2) is 63.0 Å². The van der Waals surface area contributed by atoms with Crippen LogP contribution in [0.15, 0.2) is 11.1 Å². The van der Waals surface area contributed by atoms with Gasteiger partial charge < -0.3 is 13.8 Å². The van der Waals surface area contributed by atoms with Crippen LogP contribution in [0.5, 0.6) is 0 Å². The van der Waals surface area contributed by atoms with Crippen molar-refractivity contribution in [1.82, 2.24) is 24.2 Å². The zero-order valence-corrected chi connectivity index (χ0v) is 19.7. The second-order valence-corrected chi connectivity index (χ2v) is 8.49. The molecule has 1 unspecified atom stereocenters. The van der Waals surface area contributed by atoms with E-state index in [-0.39, 0.29) is 36.6 Å². The van der Waals surface area contributed by atoms with E-state index in [2.05, 4.69) is 31.0 Å². The third kappa shape index (κ3) is 7.32. The summed E-state index contributed by atoms with van der Waals surface area (Å²) >= 11 is 0. The van der Waals surface area contributed by atoms with E-state index in [1.807, 2.05) is 13.8 Å². The number of amides is 1. The van der Waals surface area contributed by atoms with Gasteiger partial charge in [0.05, 0.1) is 38.6 Å². The molecule has 0 saturated heterocycles. The number of aromatic amines is 1. The number of nitriles is 1. The number of carbonyl (C=O) groups excluding carboxylic acids is 1. The summed E-state index contributed by atoms with van der Waals surface area (Å²) < 4.78 is 20.8. The highest BCUT2D eigenvalue weighted by atomic mass is 31.2. The fraction of sp³-hybridized carbons (Fsp3) is 0.632. The monoisotopic (exact) mass is 467 g/mol. The van der Waals surface area contributed by atoms with Crippen molar-refractivity contribution in [1.29, 1.82) is 5.26 Å². The number of hydrogen-bond acceptors (Lipinski definition) is 9. The normalized spacial score (nSPS) is 12.4. The average molecular weight is 467 g/mol. The second-order valence-electron chi connectivity index (χ2n) is 6.93. The number of carbonyl (C=O) groups is 1. The molecule has 2 rings (SSSR count). The van der Waals surface area contributed by atoms with Gasteiger partial charge in [-0.25, -0.2) is 9.65 Å². The molecule has 12 nitrogen and oxygen atoms in total. The molecule has 32 heavy (non-hydrogen) atoms.